The first-order valence-corrected chi connectivity index (χ1v) is 15.0. The topological polar surface area (TPSA) is 117 Å². The predicted molar refractivity (Wildman–Crippen MR) is 156 cm³/mol. The largest absolute Gasteiger partial charge is 0.508 e. The second-order valence-corrected chi connectivity index (χ2v) is 13.0. The summed E-state index contributed by atoms with van der Waals surface area (Å²) in [5, 5.41) is 27.6. The van der Waals surface area contributed by atoms with Gasteiger partial charge in [-0.3, -0.25) is 4.79 Å². The lowest BCUT2D eigenvalue weighted by molar-refractivity contribution is -0.147. The Morgan fingerprint density at radius 1 is 1.10 bits per heavy atom. The fourth-order valence-electron chi connectivity index (χ4n) is 8.21. The third-order valence-electron chi connectivity index (χ3n) is 10.8. The van der Waals surface area contributed by atoms with E-state index < -0.39 is 23.5 Å². The van der Waals surface area contributed by atoms with Crippen LogP contribution < -0.4 is 5.32 Å². The minimum absolute atomic E-state index is 0.00149. The number of aromatic hydroxyl groups is 1. The van der Waals surface area contributed by atoms with Crippen LogP contribution in [-0.4, -0.2) is 52.7 Å². The van der Waals surface area contributed by atoms with Crippen molar-refractivity contribution in [3.8, 4) is 5.75 Å². The fraction of sp³-hybridized carbons (Fsp3) is 0.606. The number of hydrogen-bond acceptors (Lipinski definition) is 7. The first kappa shape index (κ1) is 29.4. The number of rotatable bonds is 8. The number of oxime groups is 1. The molecule has 4 aliphatic rings. The molecule has 8 nitrogen and oxygen atoms in total. The van der Waals surface area contributed by atoms with Crippen LogP contribution in [-0.2, 0) is 25.6 Å². The number of phenolic OH excluding ortho intramolecular Hbond substituents is 1. The molecule has 1 amide bonds. The van der Waals surface area contributed by atoms with E-state index in [2.05, 4.69) is 36.5 Å². The lowest BCUT2D eigenvalue weighted by Crippen LogP contribution is -2.53. The Balaban J connectivity index is 1.19. The number of nitrogens with one attached hydrogen (secondary N) is 1. The number of amides is 1. The number of esters is 1. The highest BCUT2D eigenvalue weighted by molar-refractivity contribution is 6.05. The molecular formula is C33H44N2O6. The van der Waals surface area contributed by atoms with Crippen molar-refractivity contribution in [1.29, 1.82) is 0 Å². The number of hydrogen-bond donors (Lipinski definition) is 3. The number of carbonyl (C=O) groups is 2. The Hall–Kier alpha value is -3.13. The molecule has 5 rings (SSSR count). The minimum Gasteiger partial charge on any atom is -0.508 e. The van der Waals surface area contributed by atoms with Crippen LogP contribution in [0.15, 0.2) is 53.2 Å². The third kappa shape index (κ3) is 5.55. The van der Waals surface area contributed by atoms with Crippen molar-refractivity contribution in [1.82, 2.24) is 5.32 Å². The summed E-state index contributed by atoms with van der Waals surface area (Å²) in [6.07, 6.45) is 12.9. The molecule has 8 heteroatoms. The number of ether oxygens (including phenoxy) is 1. The summed E-state index contributed by atoms with van der Waals surface area (Å²) in [5.74, 6) is 0.852. The van der Waals surface area contributed by atoms with Gasteiger partial charge in [0.05, 0.1) is 12.2 Å². The van der Waals surface area contributed by atoms with Crippen LogP contribution in [0.4, 0.5) is 0 Å². The highest BCUT2D eigenvalue weighted by Gasteiger charge is 2.62. The van der Waals surface area contributed by atoms with Crippen LogP contribution in [0.3, 0.4) is 0 Å². The molecule has 0 heterocycles. The molecular weight excluding hydrogens is 520 g/mol. The maximum absolute atomic E-state index is 12.6. The highest BCUT2D eigenvalue weighted by atomic mass is 16.6. The summed E-state index contributed by atoms with van der Waals surface area (Å²) >= 11 is 0. The van der Waals surface area contributed by atoms with Crippen molar-refractivity contribution < 1.29 is 29.4 Å². The maximum Gasteiger partial charge on any atom is 0.328 e. The lowest BCUT2D eigenvalue weighted by Gasteiger charge is -2.58. The Bertz CT molecular complexity index is 1250. The van der Waals surface area contributed by atoms with Crippen LogP contribution in [0.2, 0.25) is 0 Å². The summed E-state index contributed by atoms with van der Waals surface area (Å²) in [5.41, 5.74) is 2.21. The van der Waals surface area contributed by atoms with Crippen LogP contribution in [0.5, 0.6) is 5.75 Å². The van der Waals surface area contributed by atoms with Crippen molar-refractivity contribution in [2.45, 2.75) is 84.3 Å². The second-order valence-electron chi connectivity index (χ2n) is 13.0. The number of allylic oxidation sites excluding steroid dienone is 4. The third-order valence-corrected chi connectivity index (χ3v) is 10.8. The average molecular weight is 565 g/mol. The van der Waals surface area contributed by atoms with E-state index >= 15 is 0 Å². The van der Waals surface area contributed by atoms with E-state index in [4.69, 9.17) is 9.57 Å². The summed E-state index contributed by atoms with van der Waals surface area (Å²) in [4.78, 5) is 30.5. The first-order chi connectivity index (χ1) is 19.5. The quantitative estimate of drug-likeness (QED) is 0.307. The lowest BCUT2D eigenvalue weighted by atomic mass is 9.47. The second kappa shape index (κ2) is 11.3. The molecule has 1 aromatic rings. The van der Waals surface area contributed by atoms with Gasteiger partial charge in [-0.15, -0.1) is 0 Å². The van der Waals surface area contributed by atoms with E-state index in [0.717, 1.165) is 44.1 Å². The molecule has 0 unspecified atom stereocenters. The minimum atomic E-state index is -0.878. The van der Waals surface area contributed by atoms with Crippen molar-refractivity contribution in [3.63, 3.8) is 0 Å². The van der Waals surface area contributed by atoms with Gasteiger partial charge in [0.2, 0.25) is 0 Å². The summed E-state index contributed by atoms with van der Waals surface area (Å²) < 4.78 is 5.14. The van der Waals surface area contributed by atoms with E-state index in [1.807, 2.05) is 13.0 Å². The molecule has 0 saturated heterocycles. The summed E-state index contributed by atoms with van der Waals surface area (Å²) in [6, 6.07) is 5.59. The Kier molecular flexibility index (Phi) is 8.07. The molecule has 3 saturated carbocycles. The predicted octanol–water partition coefficient (Wildman–Crippen LogP) is 4.85. The van der Waals surface area contributed by atoms with Crippen molar-refractivity contribution >= 4 is 17.6 Å². The molecule has 0 spiro atoms. The molecule has 0 radical (unpaired) electrons. The van der Waals surface area contributed by atoms with Crippen molar-refractivity contribution in [3.05, 3.63) is 53.6 Å². The SMILES string of the molecule is CCOC(=O)[C@H](Cc1ccc(O)cc1)NC(=O)CON=C1C=C[C@@]2(C)C(=C1)CC[C@@H]1[C@H]2CC[C@@]2(C)[C@@H]1CC[C@]2(C)O. The van der Waals surface area contributed by atoms with Crippen LogP contribution in [0, 0.1) is 28.6 Å². The van der Waals surface area contributed by atoms with Gasteiger partial charge in [-0.05, 0) is 105 Å². The standard InChI is InChI=1S/C33H44N2O6/c1-5-40-30(38)28(18-21-6-9-24(36)10-7-21)34-29(37)20-41-35-23-12-15-31(2)22(19-23)8-11-25-26(31)13-16-32(3)27(25)14-17-33(32,4)39/h6-7,9-10,12,15,19,25-28,36,39H,5,8,11,13-14,16-18,20H2,1-4H3,(H,34,37)/t25-,26-,27-,28+,31+,32+,33+/m1/s1. The number of fused-ring (bicyclic) bond motifs is 5. The summed E-state index contributed by atoms with van der Waals surface area (Å²) in [6.45, 7) is 8.29. The van der Waals surface area contributed by atoms with Crippen LogP contribution in [0.25, 0.3) is 0 Å². The zero-order chi connectivity index (χ0) is 29.4. The fourth-order valence-corrected chi connectivity index (χ4v) is 8.21. The molecule has 0 aromatic heterocycles. The van der Waals surface area contributed by atoms with E-state index in [1.54, 1.807) is 19.1 Å². The molecule has 4 aliphatic carbocycles. The molecule has 0 aliphatic heterocycles. The Morgan fingerprint density at radius 3 is 2.56 bits per heavy atom. The van der Waals surface area contributed by atoms with Crippen LogP contribution in [0.1, 0.15) is 71.8 Å². The smallest absolute Gasteiger partial charge is 0.328 e. The van der Waals surface area contributed by atoms with E-state index in [-0.39, 0.29) is 36.2 Å². The Morgan fingerprint density at radius 2 is 1.83 bits per heavy atom. The number of carbonyl (C=O) groups excluding carboxylic acids is 2. The van der Waals surface area contributed by atoms with Gasteiger partial charge in [-0.2, -0.15) is 0 Å². The van der Waals surface area contributed by atoms with Gasteiger partial charge in [0.15, 0.2) is 6.61 Å². The van der Waals surface area contributed by atoms with Gasteiger partial charge in [0.1, 0.15) is 17.5 Å². The van der Waals surface area contributed by atoms with Crippen LogP contribution >= 0.6 is 0 Å². The number of phenols is 1. The summed E-state index contributed by atoms with van der Waals surface area (Å²) in [7, 11) is 0. The molecule has 3 N–H and O–H groups in total. The normalized spacial score (nSPS) is 35.5. The number of benzene rings is 1. The van der Waals surface area contributed by atoms with Gasteiger partial charge >= 0.3 is 5.97 Å². The molecule has 1 aromatic carbocycles. The van der Waals surface area contributed by atoms with E-state index in [9.17, 15) is 19.8 Å². The number of nitrogens with zero attached hydrogens (tertiary/aromatic N) is 1. The van der Waals surface area contributed by atoms with Gasteiger partial charge in [0, 0.05) is 11.8 Å². The van der Waals surface area contributed by atoms with Gasteiger partial charge in [0.25, 0.3) is 5.91 Å². The van der Waals surface area contributed by atoms with Gasteiger partial charge in [-0.25, -0.2) is 4.79 Å². The van der Waals surface area contributed by atoms with Crippen molar-refractivity contribution in [2.75, 3.05) is 13.2 Å². The first-order valence-electron chi connectivity index (χ1n) is 15.0. The van der Waals surface area contributed by atoms with Gasteiger partial charge in [-0.1, -0.05) is 42.8 Å². The maximum atomic E-state index is 12.6. The molecule has 0 bridgehead atoms. The molecule has 41 heavy (non-hydrogen) atoms. The highest BCUT2D eigenvalue weighted by Crippen LogP contribution is 2.66. The van der Waals surface area contributed by atoms with E-state index in [1.165, 1.54) is 17.7 Å². The molecule has 3 fully saturated rings. The van der Waals surface area contributed by atoms with Gasteiger partial charge < -0.3 is 25.1 Å². The van der Waals surface area contributed by atoms with Crippen molar-refractivity contribution in [2.24, 2.45) is 33.7 Å². The Labute approximate surface area is 242 Å². The average Bonchev–Trinajstić information content (AvgIpc) is 3.18. The zero-order valence-electron chi connectivity index (χ0n) is 24.7. The molecule has 222 valence electrons. The number of aliphatic hydroxyl groups is 1. The molecule has 7 atom stereocenters. The van der Waals surface area contributed by atoms with E-state index in [0.29, 0.717) is 23.5 Å². The zero-order valence-corrected chi connectivity index (χ0v) is 24.7. The monoisotopic (exact) mass is 564 g/mol.